The van der Waals surface area contributed by atoms with Crippen LogP contribution in [0.5, 0.6) is 0 Å². The minimum atomic E-state index is -0.376. The number of aromatic nitrogens is 7. The zero-order valence-corrected chi connectivity index (χ0v) is 19.5. The van der Waals surface area contributed by atoms with E-state index in [0.717, 1.165) is 11.1 Å². The number of carbonyl (C=O) groups is 1. The van der Waals surface area contributed by atoms with Crippen LogP contribution in [0.3, 0.4) is 0 Å². The summed E-state index contributed by atoms with van der Waals surface area (Å²) in [4.78, 5) is 51.8. The highest BCUT2D eigenvalue weighted by Crippen LogP contribution is 2.19. The summed E-state index contributed by atoms with van der Waals surface area (Å²) in [5.74, 6) is 0.733. The summed E-state index contributed by atoms with van der Waals surface area (Å²) in [5.41, 5.74) is 3.00. The lowest BCUT2D eigenvalue weighted by atomic mass is 10.2. The Morgan fingerprint density at radius 1 is 0.649 bits per heavy atom. The highest BCUT2D eigenvalue weighted by atomic mass is 16.1. The topological polar surface area (TPSA) is 132 Å². The Morgan fingerprint density at radius 2 is 1.14 bits per heavy atom. The molecule has 0 amide bonds. The third-order valence-corrected chi connectivity index (χ3v) is 5.11. The van der Waals surface area contributed by atoms with E-state index in [1.807, 2.05) is 12.1 Å². The molecule has 10 heteroatoms. The highest BCUT2D eigenvalue weighted by molar-refractivity contribution is 6.06. The molecule has 5 rings (SSSR count). The number of rotatable bonds is 7. The first-order valence-electron chi connectivity index (χ1n) is 11.3. The van der Waals surface area contributed by atoms with Gasteiger partial charge in [0, 0.05) is 72.5 Å². The molecular formula is C27H19N9O. The van der Waals surface area contributed by atoms with Crippen LogP contribution in [-0.4, -0.2) is 59.3 Å². The molecule has 0 aliphatic carbocycles. The molecule has 10 nitrogen and oxygen atoms in total. The van der Waals surface area contributed by atoms with Crippen LogP contribution >= 0.6 is 0 Å². The largest absolute Gasteiger partial charge is 0.289 e. The van der Waals surface area contributed by atoms with Crippen molar-refractivity contribution in [2.24, 2.45) is 9.98 Å². The fourth-order valence-corrected chi connectivity index (χ4v) is 3.27. The van der Waals surface area contributed by atoms with Gasteiger partial charge in [0.05, 0.1) is 0 Å². The Balaban J connectivity index is 1.49. The number of carbonyl (C=O) groups excluding carboxylic acids is 1. The molecule has 0 bridgehead atoms. The highest BCUT2D eigenvalue weighted by Gasteiger charge is 2.16. The van der Waals surface area contributed by atoms with Gasteiger partial charge in [-0.05, 0) is 54.1 Å². The first-order valence-corrected chi connectivity index (χ1v) is 11.3. The zero-order valence-electron chi connectivity index (χ0n) is 19.5. The van der Waals surface area contributed by atoms with E-state index in [1.54, 1.807) is 92.2 Å². The first-order chi connectivity index (χ1) is 18.3. The van der Waals surface area contributed by atoms with Crippen molar-refractivity contribution in [3.63, 3.8) is 0 Å². The predicted molar refractivity (Wildman–Crippen MR) is 138 cm³/mol. The molecule has 5 heterocycles. The molecule has 0 fully saturated rings. The number of hydrogen-bond donors (Lipinski definition) is 0. The number of Topliss-reactive ketones (excluding diaryl/α,β-unsaturated/α-hetero) is 1. The number of ketones is 1. The summed E-state index contributed by atoms with van der Waals surface area (Å²) in [6.07, 6.45) is 14.9. The normalized spacial score (nSPS) is 11.5. The van der Waals surface area contributed by atoms with Crippen molar-refractivity contribution >= 4 is 17.8 Å². The Morgan fingerprint density at radius 3 is 1.68 bits per heavy atom. The second kappa shape index (κ2) is 11.4. The van der Waals surface area contributed by atoms with Gasteiger partial charge in [-0.3, -0.25) is 29.7 Å². The first kappa shape index (κ1) is 23.4. The maximum atomic E-state index is 13.3. The van der Waals surface area contributed by atoms with Gasteiger partial charge >= 0.3 is 0 Å². The standard InChI is InChI=1S/C27H19N9O/c37-23(18-33-24(20-3-11-29-12-4-20)32-17-19-1-9-28-10-2-19)27-35-25(21-5-13-30-14-6-21)34-26(36-27)22-7-15-31-16-8-22/h1-17H,18H2/b32-17+,33-24-. The van der Waals surface area contributed by atoms with Gasteiger partial charge in [0.25, 0.3) is 0 Å². The molecule has 0 N–H and O–H groups in total. The lowest BCUT2D eigenvalue weighted by Gasteiger charge is -2.07. The van der Waals surface area contributed by atoms with Crippen molar-refractivity contribution in [1.29, 1.82) is 0 Å². The van der Waals surface area contributed by atoms with Crippen LogP contribution in [0.1, 0.15) is 21.7 Å². The lowest BCUT2D eigenvalue weighted by Crippen LogP contribution is -2.13. The third kappa shape index (κ3) is 6.01. The number of hydrogen-bond acceptors (Lipinski definition) is 9. The van der Waals surface area contributed by atoms with Gasteiger partial charge in [0.15, 0.2) is 17.5 Å². The molecule has 0 atom stereocenters. The van der Waals surface area contributed by atoms with E-state index in [1.165, 1.54) is 0 Å². The molecular weight excluding hydrogens is 466 g/mol. The molecule has 0 unspecified atom stereocenters. The summed E-state index contributed by atoms with van der Waals surface area (Å²) in [5, 5.41) is 0. The minimum absolute atomic E-state index is 0.00423. The van der Waals surface area contributed by atoms with E-state index in [0.29, 0.717) is 28.6 Å². The van der Waals surface area contributed by atoms with E-state index in [9.17, 15) is 4.79 Å². The maximum Gasteiger partial charge on any atom is 0.221 e. The van der Waals surface area contributed by atoms with Crippen molar-refractivity contribution in [1.82, 2.24) is 34.9 Å². The van der Waals surface area contributed by atoms with Gasteiger partial charge < -0.3 is 0 Å². The van der Waals surface area contributed by atoms with Crippen molar-refractivity contribution < 1.29 is 4.79 Å². The Hall–Kier alpha value is -5.38. The van der Waals surface area contributed by atoms with E-state index < -0.39 is 0 Å². The van der Waals surface area contributed by atoms with Gasteiger partial charge in [-0.15, -0.1) is 0 Å². The van der Waals surface area contributed by atoms with E-state index in [4.69, 9.17) is 0 Å². The van der Waals surface area contributed by atoms with E-state index in [2.05, 4.69) is 44.9 Å². The summed E-state index contributed by atoms with van der Waals surface area (Å²) >= 11 is 0. The van der Waals surface area contributed by atoms with Crippen molar-refractivity contribution in [3.05, 3.63) is 115 Å². The minimum Gasteiger partial charge on any atom is -0.289 e. The molecule has 0 saturated carbocycles. The maximum absolute atomic E-state index is 13.3. The van der Waals surface area contributed by atoms with Crippen LogP contribution in [0.2, 0.25) is 0 Å². The molecule has 178 valence electrons. The summed E-state index contributed by atoms with van der Waals surface area (Å²) in [7, 11) is 0. The Labute approximate surface area is 212 Å². The molecule has 0 spiro atoms. The molecule has 0 aromatic carbocycles. The molecule has 37 heavy (non-hydrogen) atoms. The average molecular weight is 486 g/mol. The van der Waals surface area contributed by atoms with E-state index >= 15 is 0 Å². The number of pyridine rings is 4. The summed E-state index contributed by atoms with van der Waals surface area (Å²) in [6.45, 7) is -0.207. The van der Waals surface area contributed by atoms with Gasteiger partial charge in [0.1, 0.15) is 6.54 Å². The van der Waals surface area contributed by atoms with Crippen molar-refractivity contribution in [2.75, 3.05) is 6.54 Å². The van der Waals surface area contributed by atoms with Crippen molar-refractivity contribution in [3.8, 4) is 22.8 Å². The smallest absolute Gasteiger partial charge is 0.221 e. The molecule has 0 saturated heterocycles. The van der Waals surface area contributed by atoms with Crippen LogP contribution in [-0.2, 0) is 0 Å². The van der Waals surface area contributed by atoms with Crippen LogP contribution in [0, 0.1) is 0 Å². The van der Waals surface area contributed by atoms with Gasteiger partial charge in [0.2, 0.25) is 11.6 Å². The Kier molecular flexibility index (Phi) is 7.18. The number of nitrogens with zero attached hydrogens (tertiary/aromatic N) is 9. The van der Waals surface area contributed by atoms with Crippen LogP contribution in [0.15, 0.2) is 108 Å². The third-order valence-electron chi connectivity index (χ3n) is 5.11. The van der Waals surface area contributed by atoms with Gasteiger partial charge in [-0.2, -0.15) is 0 Å². The van der Waals surface area contributed by atoms with Crippen LogP contribution < -0.4 is 0 Å². The van der Waals surface area contributed by atoms with Gasteiger partial charge in [-0.25, -0.2) is 19.9 Å². The second-order valence-corrected chi connectivity index (χ2v) is 7.62. The average Bonchev–Trinajstić information content (AvgIpc) is 2.98. The Bertz CT molecular complexity index is 1490. The molecule has 0 radical (unpaired) electrons. The molecule has 5 aromatic heterocycles. The SMILES string of the molecule is O=C(C/N=C(\N=C\c1ccncc1)c1ccncc1)c1nc(-c2ccncc2)nc(-c2ccncc2)n1. The molecule has 0 aliphatic heterocycles. The second-order valence-electron chi connectivity index (χ2n) is 7.62. The fourth-order valence-electron chi connectivity index (χ4n) is 3.27. The van der Waals surface area contributed by atoms with Gasteiger partial charge in [-0.1, -0.05) is 0 Å². The summed E-state index contributed by atoms with van der Waals surface area (Å²) in [6, 6.07) is 14.3. The van der Waals surface area contributed by atoms with E-state index in [-0.39, 0.29) is 18.2 Å². The molecule has 5 aromatic rings. The van der Waals surface area contributed by atoms with Crippen molar-refractivity contribution in [2.45, 2.75) is 0 Å². The fraction of sp³-hybridized carbons (Fsp3) is 0.0370. The quantitative estimate of drug-likeness (QED) is 0.194. The summed E-state index contributed by atoms with van der Waals surface area (Å²) < 4.78 is 0. The van der Waals surface area contributed by atoms with Crippen LogP contribution in [0.25, 0.3) is 22.8 Å². The zero-order chi connectivity index (χ0) is 25.3. The number of amidine groups is 1. The molecule has 0 aliphatic rings. The lowest BCUT2D eigenvalue weighted by molar-refractivity contribution is 0.0992. The van der Waals surface area contributed by atoms with Crippen LogP contribution in [0.4, 0.5) is 0 Å². The monoisotopic (exact) mass is 485 g/mol. The predicted octanol–water partition coefficient (Wildman–Crippen LogP) is 3.53. The number of aliphatic imine (C=N–C) groups is 2.